The summed E-state index contributed by atoms with van der Waals surface area (Å²) in [6.07, 6.45) is 8.84. The molecule has 0 amide bonds. The summed E-state index contributed by atoms with van der Waals surface area (Å²) < 4.78 is 1.26. The van der Waals surface area contributed by atoms with E-state index in [1.165, 1.54) is 47.3 Å². The second-order valence-corrected chi connectivity index (χ2v) is 9.41. The predicted octanol–water partition coefficient (Wildman–Crippen LogP) is 4.47. The third kappa shape index (κ3) is 2.54. The van der Waals surface area contributed by atoms with Crippen LogP contribution in [-0.4, -0.2) is 12.6 Å². The fraction of sp³-hybridized carbons (Fsp3) is 0.750. The van der Waals surface area contributed by atoms with E-state index in [1.807, 2.05) is 11.3 Å². The maximum atomic E-state index is 3.91. The molecule has 0 saturated heterocycles. The second kappa shape index (κ2) is 5.16. The molecule has 0 atom stereocenters. The molecule has 1 aromatic rings. The van der Waals surface area contributed by atoms with Crippen LogP contribution >= 0.6 is 27.3 Å². The second-order valence-electron chi connectivity index (χ2n) is 6.87. The normalized spacial score (nSPS) is 39.9. The maximum absolute atomic E-state index is 3.91. The van der Waals surface area contributed by atoms with Gasteiger partial charge in [-0.1, -0.05) is 0 Å². The molecule has 4 aliphatic rings. The lowest BCUT2D eigenvalue weighted by Gasteiger charge is -2.54. The molecule has 0 unspecified atom stereocenters. The fourth-order valence-corrected chi connectivity index (χ4v) is 6.59. The van der Waals surface area contributed by atoms with Gasteiger partial charge in [0.05, 0.1) is 3.79 Å². The molecule has 104 valence electrons. The zero-order valence-corrected chi connectivity index (χ0v) is 13.7. The van der Waals surface area contributed by atoms with Gasteiger partial charge in [-0.2, -0.15) is 0 Å². The topological polar surface area (TPSA) is 12.0 Å². The van der Waals surface area contributed by atoms with E-state index in [0.717, 1.165) is 29.7 Å². The quantitative estimate of drug-likeness (QED) is 0.853. The molecule has 1 aromatic heterocycles. The lowest BCUT2D eigenvalue weighted by molar-refractivity contribution is -0.0133. The highest BCUT2D eigenvalue weighted by atomic mass is 79.9. The van der Waals surface area contributed by atoms with E-state index in [0.29, 0.717) is 0 Å². The van der Waals surface area contributed by atoms with Crippen molar-refractivity contribution in [2.45, 2.75) is 44.6 Å². The predicted molar refractivity (Wildman–Crippen MR) is 84.6 cm³/mol. The Morgan fingerprint density at radius 2 is 1.74 bits per heavy atom. The third-order valence-electron chi connectivity index (χ3n) is 5.61. The van der Waals surface area contributed by atoms with Crippen molar-refractivity contribution in [2.24, 2.45) is 23.7 Å². The molecule has 1 N–H and O–H groups in total. The van der Waals surface area contributed by atoms with Crippen LogP contribution in [-0.2, 0) is 6.42 Å². The minimum Gasteiger partial charge on any atom is -0.313 e. The Labute approximate surface area is 128 Å². The number of hydrogen-bond donors (Lipinski definition) is 1. The minimum atomic E-state index is 0.844. The van der Waals surface area contributed by atoms with E-state index < -0.39 is 0 Å². The fourth-order valence-electron chi connectivity index (χ4n) is 5.11. The standard InChI is InChI=1S/C16H22BrNS/c17-15-2-1-14(19-15)3-4-18-16-12-6-10-5-11(8-12)9-13(16)7-10/h1-2,10-13,16,18H,3-9H2. The van der Waals surface area contributed by atoms with Gasteiger partial charge in [0.2, 0.25) is 0 Å². The molecular weight excluding hydrogens is 318 g/mol. The lowest BCUT2D eigenvalue weighted by Crippen LogP contribution is -2.54. The van der Waals surface area contributed by atoms with E-state index in [1.54, 1.807) is 6.42 Å². The van der Waals surface area contributed by atoms with Crippen molar-refractivity contribution in [2.75, 3.05) is 6.54 Å². The molecule has 4 aliphatic carbocycles. The number of halogens is 1. The summed E-state index contributed by atoms with van der Waals surface area (Å²) in [6, 6.07) is 5.27. The Kier molecular flexibility index (Phi) is 3.49. The van der Waals surface area contributed by atoms with Crippen LogP contribution in [0.4, 0.5) is 0 Å². The van der Waals surface area contributed by atoms with Crippen LogP contribution in [0.2, 0.25) is 0 Å². The van der Waals surface area contributed by atoms with Crippen molar-refractivity contribution in [1.82, 2.24) is 5.32 Å². The van der Waals surface area contributed by atoms with Crippen LogP contribution < -0.4 is 5.32 Å². The van der Waals surface area contributed by atoms with Crippen LogP contribution in [0.25, 0.3) is 0 Å². The van der Waals surface area contributed by atoms with Crippen LogP contribution in [0, 0.1) is 23.7 Å². The van der Waals surface area contributed by atoms with Gasteiger partial charge >= 0.3 is 0 Å². The van der Waals surface area contributed by atoms with Gasteiger partial charge in [-0.15, -0.1) is 11.3 Å². The van der Waals surface area contributed by atoms with Crippen molar-refractivity contribution in [3.63, 3.8) is 0 Å². The molecule has 5 rings (SSSR count). The molecule has 0 aromatic carbocycles. The third-order valence-corrected chi connectivity index (χ3v) is 7.29. The molecule has 1 nitrogen and oxygen atoms in total. The average molecular weight is 340 g/mol. The van der Waals surface area contributed by atoms with Crippen molar-refractivity contribution in [3.05, 3.63) is 20.8 Å². The average Bonchev–Trinajstić information content (AvgIpc) is 2.78. The number of rotatable bonds is 4. The van der Waals surface area contributed by atoms with Crippen LogP contribution in [0.5, 0.6) is 0 Å². The largest absolute Gasteiger partial charge is 0.313 e. The highest BCUT2D eigenvalue weighted by Gasteiger charge is 2.47. The molecule has 0 spiro atoms. The Bertz CT molecular complexity index is 427. The zero-order valence-electron chi connectivity index (χ0n) is 11.3. The number of hydrogen-bond acceptors (Lipinski definition) is 2. The maximum Gasteiger partial charge on any atom is 0.0701 e. The zero-order chi connectivity index (χ0) is 12.8. The van der Waals surface area contributed by atoms with E-state index >= 15 is 0 Å². The Morgan fingerprint density at radius 1 is 1.05 bits per heavy atom. The molecular formula is C16H22BrNS. The van der Waals surface area contributed by atoms with Gasteiger partial charge < -0.3 is 5.32 Å². The van der Waals surface area contributed by atoms with Gasteiger partial charge in [0, 0.05) is 17.5 Å². The van der Waals surface area contributed by atoms with Gasteiger partial charge in [0.1, 0.15) is 0 Å². The van der Waals surface area contributed by atoms with E-state index in [4.69, 9.17) is 0 Å². The summed E-state index contributed by atoms with van der Waals surface area (Å²) in [5.74, 6) is 4.19. The molecule has 0 radical (unpaired) electrons. The first-order chi connectivity index (χ1) is 9.28. The summed E-state index contributed by atoms with van der Waals surface area (Å²) >= 11 is 5.43. The van der Waals surface area contributed by atoms with E-state index in [2.05, 4.69) is 33.4 Å². The first-order valence-electron chi connectivity index (χ1n) is 7.75. The molecule has 4 saturated carbocycles. The molecule has 3 heteroatoms. The Hall–Kier alpha value is 0.140. The highest BCUT2D eigenvalue weighted by Crippen LogP contribution is 2.53. The summed E-state index contributed by atoms with van der Waals surface area (Å²) in [7, 11) is 0. The van der Waals surface area contributed by atoms with Crippen molar-refractivity contribution in [3.8, 4) is 0 Å². The van der Waals surface area contributed by atoms with Gasteiger partial charge in [0.25, 0.3) is 0 Å². The van der Waals surface area contributed by atoms with Crippen molar-refractivity contribution < 1.29 is 0 Å². The van der Waals surface area contributed by atoms with Gasteiger partial charge in [-0.05, 0) is 90.3 Å². The SMILES string of the molecule is Brc1ccc(CCNC2C3CC4CC(C3)CC2C4)s1. The monoisotopic (exact) mass is 339 g/mol. The Morgan fingerprint density at radius 3 is 2.32 bits per heavy atom. The smallest absolute Gasteiger partial charge is 0.0701 e. The molecule has 4 bridgehead atoms. The summed E-state index contributed by atoms with van der Waals surface area (Å²) in [6.45, 7) is 1.17. The molecule has 1 heterocycles. The number of nitrogens with one attached hydrogen (secondary N) is 1. The van der Waals surface area contributed by atoms with Gasteiger partial charge in [-0.25, -0.2) is 0 Å². The van der Waals surface area contributed by atoms with E-state index in [-0.39, 0.29) is 0 Å². The summed E-state index contributed by atoms with van der Waals surface area (Å²) in [5, 5.41) is 3.91. The summed E-state index contributed by atoms with van der Waals surface area (Å²) in [4.78, 5) is 1.50. The van der Waals surface area contributed by atoms with Crippen LogP contribution in [0.15, 0.2) is 15.9 Å². The van der Waals surface area contributed by atoms with Gasteiger partial charge in [0.15, 0.2) is 0 Å². The first-order valence-corrected chi connectivity index (χ1v) is 9.36. The lowest BCUT2D eigenvalue weighted by atomic mass is 9.54. The highest BCUT2D eigenvalue weighted by molar-refractivity contribution is 9.11. The minimum absolute atomic E-state index is 0.844. The van der Waals surface area contributed by atoms with Crippen molar-refractivity contribution in [1.29, 1.82) is 0 Å². The molecule has 19 heavy (non-hydrogen) atoms. The van der Waals surface area contributed by atoms with Crippen molar-refractivity contribution >= 4 is 27.3 Å². The number of thiophene rings is 1. The molecule has 4 fully saturated rings. The van der Waals surface area contributed by atoms with Crippen LogP contribution in [0.1, 0.15) is 37.0 Å². The van der Waals surface area contributed by atoms with Crippen LogP contribution in [0.3, 0.4) is 0 Å². The molecule has 0 aliphatic heterocycles. The first kappa shape index (κ1) is 12.8. The summed E-state index contributed by atoms with van der Waals surface area (Å²) in [5.41, 5.74) is 0. The van der Waals surface area contributed by atoms with Gasteiger partial charge in [-0.3, -0.25) is 0 Å². The Balaban J connectivity index is 1.33. The van der Waals surface area contributed by atoms with E-state index in [9.17, 15) is 0 Å².